The van der Waals surface area contributed by atoms with Crippen LogP contribution in [0.5, 0.6) is 0 Å². The SMILES string of the molecule is CCNC(=NCc1ccco1)NCC(C)(C)N1CCCC(C)C1.I. The molecule has 1 aromatic rings. The fraction of sp³-hybridized carbons (Fsp3) is 0.722. The Labute approximate surface area is 163 Å². The van der Waals surface area contributed by atoms with Gasteiger partial charge in [-0.3, -0.25) is 4.90 Å². The Morgan fingerprint density at radius 1 is 1.42 bits per heavy atom. The molecule has 2 N–H and O–H groups in total. The number of piperidine rings is 1. The van der Waals surface area contributed by atoms with Crippen LogP contribution in [0.25, 0.3) is 0 Å². The zero-order valence-electron chi connectivity index (χ0n) is 15.5. The van der Waals surface area contributed by atoms with Gasteiger partial charge in [0.1, 0.15) is 12.3 Å². The Morgan fingerprint density at radius 2 is 2.21 bits per heavy atom. The lowest BCUT2D eigenvalue weighted by molar-refractivity contribution is 0.0739. The van der Waals surface area contributed by atoms with Gasteiger partial charge in [0.15, 0.2) is 5.96 Å². The van der Waals surface area contributed by atoms with Gasteiger partial charge in [-0.1, -0.05) is 6.92 Å². The molecular weight excluding hydrogens is 415 g/mol. The molecule has 2 heterocycles. The van der Waals surface area contributed by atoms with Crippen LogP contribution >= 0.6 is 24.0 Å². The summed E-state index contributed by atoms with van der Waals surface area (Å²) in [5.74, 6) is 2.53. The van der Waals surface area contributed by atoms with E-state index >= 15 is 0 Å². The van der Waals surface area contributed by atoms with Gasteiger partial charge < -0.3 is 15.1 Å². The Kier molecular flexibility index (Phi) is 9.12. The normalized spacial score (nSPS) is 19.7. The first-order valence-corrected chi connectivity index (χ1v) is 8.81. The van der Waals surface area contributed by atoms with Crippen LogP contribution in [-0.2, 0) is 6.54 Å². The van der Waals surface area contributed by atoms with E-state index in [0.717, 1.165) is 30.7 Å². The van der Waals surface area contributed by atoms with Crippen molar-refractivity contribution in [1.29, 1.82) is 0 Å². The first kappa shape index (κ1) is 21.3. The number of aliphatic imine (C=N–C) groups is 1. The summed E-state index contributed by atoms with van der Waals surface area (Å²) in [5, 5.41) is 6.80. The number of guanidine groups is 1. The highest BCUT2D eigenvalue weighted by atomic mass is 127. The van der Waals surface area contributed by atoms with Crippen molar-refractivity contribution in [3.63, 3.8) is 0 Å². The number of furan rings is 1. The van der Waals surface area contributed by atoms with E-state index in [1.807, 2.05) is 12.1 Å². The molecule has 1 aliphatic rings. The maximum Gasteiger partial charge on any atom is 0.191 e. The van der Waals surface area contributed by atoms with Crippen molar-refractivity contribution in [3.8, 4) is 0 Å². The average molecular weight is 448 g/mol. The van der Waals surface area contributed by atoms with Crippen LogP contribution < -0.4 is 10.6 Å². The van der Waals surface area contributed by atoms with Crippen molar-refractivity contribution >= 4 is 29.9 Å². The molecule has 5 nitrogen and oxygen atoms in total. The van der Waals surface area contributed by atoms with Gasteiger partial charge in [-0.2, -0.15) is 0 Å². The van der Waals surface area contributed by atoms with Crippen LogP contribution in [0.3, 0.4) is 0 Å². The van der Waals surface area contributed by atoms with Crippen LogP contribution in [0.4, 0.5) is 0 Å². The molecule has 0 aromatic carbocycles. The Balaban J connectivity index is 0.00000288. The summed E-state index contributed by atoms with van der Waals surface area (Å²) in [4.78, 5) is 7.20. The number of nitrogens with one attached hydrogen (secondary N) is 2. The van der Waals surface area contributed by atoms with E-state index in [2.05, 4.69) is 48.2 Å². The van der Waals surface area contributed by atoms with E-state index in [9.17, 15) is 0 Å². The highest BCUT2D eigenvalue weighted by Gasteiger charge is 2.30. The lowest BCUT2D eigenvalue weighted by atomic mass is 9.93. The Bertz CT molecular complexity index is 487. The molecule has 0 radical (unpaired) electrons. The van der Waals surface area contributed by atoms with Gasteiger partial charge >= 0.3 is 0 Å². The molecule has 1 aliphatic heterocycles. The number of rotatable bonds is 6. The summed E-state index contributed by atoms with van der Waals surface area (Å²) < 4.78 is 5.34. The molecular formula is C18H33IN4O. The summed E-state index contributed by atoms with van der Waals surface area (Å²) in [6.45, 7) is 13.7. The molecule has 1 fully saturated rings. The van der Waals surface area contributed by atoms with Gasteiger partial charge in [-0.25, -0.2) is 4.99 Å². The van der Waals surface area contributed by atoms with Crippen LogP contribution in [0.2, 0.25) is 0 Å². The second kappa shape index (κ2) is 10.3. The third-order valence-electron chi connectivity index (χ3n) is 4.52. The number of nitrogens with zero attached hydrogens (tertiary/aromatic N) is 2. The monoisotopic (exact) mass is 448 g/mol. The molecule has 0 saturated carbocycles. The predicted molar refractivity (Wildman–Crippen MR) is 111 cm³/mol. The molecule has 24 heavy (non-hydrogen) atoms. The third kappa shape index (κ3) is 6.63. The van der Waals surface area contributed by atoms with Gasteiger partial charge in [0.2, 0.25) is 0 Å². The Morgan fingerprint density at radius 3 is 2.83 bits per heavy atom. The zero-order chi connectivity index (χ0) is 16.7. The third-order valence-corrected chi connectivity index (χ3v) is 4.52. The average Bonchev–Trinajstić information content (AvgIpc) is 3.03. The smallest absolute Gasteiger partial charge is 0.191 e. The van der Waals surface area contributed by atoms with Crippen molar-refractivity contribution in [3.05, 3.63) is 24.2 Å². The summed E-state index contributed by atoms with van der Waals surface area (Å²) in [6.07, 6.45) is 4.34. The van der Waals surface area contributed by atoms with E-state index in [1.54, 1.807) is 6.26 Å². The summed E-state index contributed by atoms with van der Waals surface area (Å²) >= 11 is 0. The first-order valence-electron chi connectivity index (χ1n) is 8.81. The van der Waals surface area contributed by atoms with Gasteiger partial charge in [0.05, 0.1) is 6.26 Å². The molecule has 1 aromatic heterocycles. The summed E-state index contributed by atoms with van der Waals surface area (Å²) in [6, 6.07) is 3.85. The van der Waals surface area contributed by atoms with Gasteiger partial charge in [0, 0.05) is 25.2 Å². The highest BCUT2D eigenvalue weighted by Crippen LogP contribution is 2.23. The number of likely N-dealkylation sites (tertiary alicyclic amines) is 1. The lowest BCUT2D eigenvalue weighted by Crippen LogP contribution is -2.55. The van der Waals surface area contributed by atoms with Gasteiger partial charge in [-0.15, -0.1) is 24.0 Å². The molecule has 1 saturated heterocycles. The number of halogens is 1. The van der Waals surface area contributed by atoms with E-state index in [1.165, 1.54) is 25.9 Å². The minimum atomic E-state index is 0. The highest BCUT2D eigenvalue weighted by molar-refractivity contribution is 14.0. The number of hydrogen-bond acceptors (Lipinski definition) is 3. The van der Waals surface area contributed by atoms with Crippen molar-refractivity contribution in [1.82, 2.24) is 15.5 Å². The van der Waals surface area contributed by atoms with Crippen LogP contribution in [-0.4, -0.2) is 42.6 Å². The molecule has 0 spiro atoms. The molecule has 1 atom stereocenters. The maximum absolute atomic E-state index is 5.34. The lowest BCUT2D eigenvalue weighted by Gasteiger charge is -2.43. The summed E-state index contributed by atoms with van der Waals surface area (Å²) in [5.41, 5.74) is 0.121. The molecule has 1 unspecified atom stereocenters. The van der Waals surface area contributed by atoms with E-state index < -0.39 is 0 Å². The van der Waals surface area contributed by atoms with Crippen molar-refractivity contribution in [2.75, 3.05) is 26.2 Å². The maximum atomic E-state index is 5.34. The largest absolute Gasteiger partial charge is 0.467 e. The summed E-state index contributed by atoms with van der Waals surface area (Å²) in [7, 11) is 0. The van der Waals surface area contributed by atoms with Gasteiger partial charge in [-0.05, 0) is 58.2 Å². The molecule has 0 bridgehead atoms. The van der Waals surface area contributed by atoms with Gasteiger partial charge in [0.25, 0.3) is 0 Å². The Hall–Kier alpha value is -0.760. The predicted octanol–water partition coefficient (Wildman–Crippen LogP) is 3.46. The second-order valence-electron chi connectivity index (χ2n) is 7.13. The van der Waals surface area contributed by atoms with Crippen LogP contribution in [0, 0.1) is 5.92 Å². The minimum Gasteiger partial charge on any atom is -0.467 e. The number of hydrogen-bond donors (Lipinski definition) is 2. The second-order valence-corrected chi connectivity index (χ2v) is 7.13. The fourth-order valence-electron chi connectivity index (χ4n) is 3.05. The molecule has 6 heteroatoms. The van der Waals surface area contributed by atoms with Crippen LogP contribution in [0.1, 0.15) is 46.3 Å². The first-order chi connectivity index (χ1) is 11.0. The van der Waals surface area contributed by atoms with E-state index in [-0.39, 0.29) is 29.5 Å². The van der Waals surface area contributed by atoms with Crippen LogP contribution in [0.15, 0.2) is 27.8 Å². The minimum absolute atomic E-state index is 0. The topological polar surface area (TPSA) is 52.8 Å². The van der Waals surface area contributed by atoms with E-state index in [0.29, 0.717) is 6.54 Å². The van der Waals surface area contributed by atoms with Crippen molar-refractivity contribution in [2.45, 2.75) is 52.6 Å². The molecule has 0 amide bonds. The zero-order valence-corrected chi connectivity index (χ0v) is 17.8. The molecule has 0 aliphatic carbocycles. The fourth-order valence-corrected chi connectivity index (χ4v) is 3.05. The molecule has 2 rings (SSSR count). The molecule has 138 valence electrons. The standard InChI is InChI=1S/C18H32N4O.HI/c1-5-19-17(20-12-16-9-7-11-23-16)21-14-18(3,4)22-10-6-8-15(2)13-22;/h7,9,11,15H,5-6,8,10,12-14H2,1-4H3,(H2,19,20,21);1H. The van der Waals surface area contributed by atoms with Crippen molar-refractivity contribution in [2.24, 2.45) is 10.9 Å². The van der Waals surface area contributed by atoms with Crippen molar-refractivity contribution < 1.29 is 4.42 Å². The van der Waals surface area contributed by atoms with E-state index in [4.69, 9.17) is 4.42 Å². The quantitative estimate of drug-likeness (QED) is 0.398.